The number of hydrogen-bond acceptors (Lipinski definition) is 4. The van der Waals surface area contributed by atoms with Crippen LogP contribution in [-0.4, -0.2) is 24.6 Å². The van der Waals surface area contributed by atoms with Crippen molar-refractivity contribution in [3.05, 3.63) is 31.9 Å². The number of likely N-dealkylation sites (N-methyl/N-ethyl adjacent to an activating group) is 1. The third kappa shape index (κ3) is 3.93. The standard InChI is InChI=1S/C10H14IN3O2/c1-2-12-5-6-13-8-3-4-10(14(15)16)9(11)7-8/h3-4,7,12-13H,2,5-6H2,1H3. The summed E-state index contributed by atoms with van der Waals surface area (Å²) in [6, 6.07) is 5.04. The zero-order valence-electron chi connectivity index (χ0n) is 9.00. The lowest BCUT2D eigenvalue weighted by Gasteiger charge is -2.07. The molecule has 1 rings (SSSR count). The van der Waals surface area contributed by atoms with E-state index in [1.54, 1.807) is 12.1 Å². The average Bonchev–Trinajstić information content (AvgIpc) is 2.24. The third-order valence-electron chi connectivity index (χ3n) is 2.03. The summed E-state index contributed by atoms with van der Waals surface area (Å²) < 4.78 is 0.649. The second-order valence-electron chi connectivity index (χ2n) is 3.20. The summed E-state index contributed by atoms with van der Waals surface area (Å²) in [5.41, 5.74) is 1.06. The molecule has 0 unspecified atom stereocenters. The predicted molar refractivity (Wildman–Crippen MR) is 72.8 cm³/mol. The molecule has 0 aliphatic rings. The summed E-state index contributed by atoms with van der Waals surface area (Å²) in [6.07, 6.45) is 0. The summed E-state index contributed by atoms with van der Waals surface area (Å²) in [6.45, 7) is 4.68. The van der Waals surface area contributed by atoms with Crippen LogP contribution in [-0.2, 0) is 0 Å². The number of rotatable bonds is 6. The second kappa shape index (κ2) is 6.64. The van der Waals surface area contributed by atoms with E-state index < -0.39 is 0 Å². The van der Waals surface area contributed by atoms with Gasteiger partial charge in [0.2, 0.25) is 0 Å². The highest BCUT2D eigenvalue weighted by atomic mass is 127. The minimum Gasteiger partial charge on any atom is -0.384 e. The zero-order chi connectivity index (χ0) is 12.0. The molecular formula is C10H14IN3O2. The molecule has 0 amide bonds. The van der Waals surface area contributed by atoms with Crippen LogP contribution >= 0.6 is 22.6 Å². The molecule has 0 aromatic heterocycles. The highest BCUT2D eigenvalue weighted by molar-refractivity contribution is 14.1. The molecule has 0 fully saturated rings. The molecule has 0 saturated carbocycles. The van der Waals surface area contributed by atoms with Gasteiger partial charge in [-0.2, -0.15) is 0 Å². The number of nitrogens with one attached hydrogen (secondary N) is 2. The zero-order valence-corrected chi connectivity index (χ0v) is 11.2. The second-order valence-corrected chi connectivity index (χ2v) is 4.37. The molecule has 88 valence electrons. The molecule has 1 aromatic rings. The van der Waals surface area contributed by atoms with Gasteiger partial charge in [0, 0.05) is 24.8 Å². The number of hydrogen-bond donors (Lipinski definition) is 2. The number of nitrogens with zero attached hydrogens (tertiary/aromatic N) is 1. The van der Waals surface area contributed by atoms with E-state index in [2.05, 4.69) is 17.6 Å². The van der Waals surface area contributed by atoms with Gasteiger partial charge in [0.1, 0.15) is 0 Å². The van der Waals surface area contributed by atoms with E-state index >= 15 is 0 Å². The highest BCUT2D eigenvalue weighted by Crippen LogP contribution is 2.23. The highest BCUT2D eigenvalue weighted by Gasteiger charge is 2.10. The quantitative estimate of drug-likeness (QED) is 0.362. The predicted octanol–water partition coefficient (Wildman–Crippen LogP) is 2.22. The Morgan fingerprint density at radius 1 is 1.44 bits per heavy atom. The van der Waals surface area contributed by atoms with Crippen molar-refractivity contribution in [2.24, 2.45) is 0 Å². The van der Waals surface area contributed by atoms with Gasteiger partial charge < -0.3 is 10.6 Å². The molecule has 16 heavy (non-hydrogen) atoms. The van der Waals surface area contributed by atoms with Crippen LogP contribution in [0.5, 0.6) is 0 Å². The van der Waals surface area contributed by atoms with E-state index in [1.165, 1.54) is 6.07 Å². The molecule has 0 saturated heterocycles. The monoisotopic (exact) mass is 335 g/mol. The van der Waals surface area contributed by atoms with E-state index in [0.717, 1.165) is 25.3 Å². The van der Waals surface area contributed by atoms with E-state index in [9.17, 15) is 10.1 Å². The van der Waals surface area contributed by atoms with Crippen LogP contribution in [0.2, 0.25) is 0 Å². The van der Waals surface area contributed by atoms with Gasteiger partial charge in [-0.1, -0.05) is 6.92 Å². The lowest BCUT2D eigenvalue weighted by molar-refractivity contribution is -0.385. The van der Waals surface area contributed by atoms with Crippen molar-refractivity contribution in [1.82, 2.24) is 5.32 Å². The first-order valence-corrected chi connectivity index (χ1v) is 6.11. The Balaban J connectivity index is 2.56. The molecule has 0 bridgehead atoms. The first-order chi connectivity index (χ1) is 7.65. The minimum atomic E-state index is -0.371. The smallest absolute Gasteiger partial charge is 0.282 e. The number of nitro benzene ring substituents is 1. The number of nitro groups is 1. The number of benzene rings is 1. The van der Waals surface area contributed by atoms with Gasteiger partial charge in [-0.15, -0.1) is 0 Å². The van der Waals surface area contributed by atoms with Crippen molar-refractivity contribution in [3.63, 3.8) is 0 Å². The van der Waals surface area contributed by atoms with Crippen molar-refractivity contribution in [1.29, 1.82) is 0 Å². The Kier molecular flexibility index (Phi) is 5.47. The van der Waals surface area contributed by atoms with Crippen LogP contribution in [0.4, 0.5) is 11.4 Å². The molecule has 5 nitrogen and oxygen atoms in total. The Bertz CT molecular complexity index is 371. The van der Waals surface area contributed by atoms with Gasteiger partial charge in [-0.25, -0.2) is 0 Å². The van der Waals surface area contributed by atoms with Crippen molar-refractivity contribution in [2.45, 2.75) is 6.92 Å². The topological polar surface area (TPSA) is 67.2 Å². The number of anilines is 1. The van der Waals surface area contributed by atoms with Gasteiger partial charge >= 0.3 is 0 Å². The summed E-state index contributed by atoms with van der Waals surface area (Å²) in [7, 11) is 0. The van der Waals surface area contributed by atoms with Gasteiger partial charge in [-0.3, -0.25) is 10.1 Å². The fourth-order valence-corrected chi connectivity index (χ4v) is 1.95. The Morgan fingerprint density at radius 3 is 2.75 bits per heavy atom. The van der Waals surface area contributed by atoms with Crippen LogP contribution in [0, 0.1) is 13.7 Å². The molecule has 0 radical (unpaired) electrons. The van der Waals surface area contributed by atoms with E-state index in [1.807, 2.05) is 22.6 Å². The van der Waals surface area contributed by atoms with Crippen LogP contribution < -0.4 is 10.6 Å². The van der Waals surface area contributed by atoms with Gasteiger partial charge in [0.25, 0.3) is 5.69 Å². The van der Waals surface area contributed by atoms with Gasteiger partial charge in [0.15, 0.2) is 0 Å². The lowest BCUT2D eigenvalue weighted by Crippen LogP contribution is -2.21. The Labute approximate surface area is 108 Å². The van der Waals surface area contributed by atoms with Crippen LogP contribution in [0.3, 0.4) is 0 Å². The summed E-state index contributed by atoms with van der Waals surface area (Å²) in [4.78, 5) is 10.2. The summed E-state index contributed by atoms with van der Waals surface area (Å²) in [5, 5.41) is 17.0. The molecule has 0 atom stereocenters. The van der Waals surface area contributed by atoms with Crippen molar-refractivity contribution in [2.75, 3.05) is 25.0 Å². The van der Waals surface area contributed by atoms with Gasteiger partial charge in [0.05, 0.1) is 8.49 Å². The molecule has 2 N–H and O–H groups in total. The largest absolute Gasteiger partial charge is 0.384 e. The molecule has 0 aliphatic heterocycles. The van der Waals surface area contributed by atoms with E-state index in [4.69, 9.17) is 0 Å². The normalized spacial score (nSPS) is 10.1. The molecule has 0 spiro atoms. The van der Waals surface area contributed by atoms with E-state index in [-0.39, 0.29) is 10.6 Å². The fraction of sp³-hybridized carbons (Fsp3) is 0.400. The van der Waals surface area contributed by atoms with Crippen molar-refractivity contribution >= 4 is 34.0 Å². The first-order valence-electron chi connectivity index (χ1n) is 5.03. The molecule has 0 aliphatic carbocycles. The minimum absolute atomic E-state index is 0.151. The maximum absolute atomic E-state index is 10.6. The van der Waals surface area contributed by atoms with Crippen molar-refractivity contribution < 1.29 is 4.92 Å². The molecule has 6 heteroatoms. The summed E-state index contributed by atoms with van der Waals surface area (Å²) in [5.74, 6) is 0. The van der Waals surface area contributed by atoms with Crippen LogP contribution in [0.15, 0.2) is 18.2 Å². The third-order valence-corrected chi connectivity index (χ3v) is 2.89. The Hall–Kier alpha value is -0.890. The van der Waals surface area contributed by atoms with Crippen LogP contribution in [0.1, 0.15) is 6.92 Å². The lowest BCUT2D eigenvalue weighted by atomic mass is 10.3. The SMILES string of the molecule is CCNCCNc1ccc([N+](=O)[O-])c(I)c1. The maximum Gasteiger partial charge on any atom is 0.282 e. The Morgan fingerprint density at radius 2 is 2.19 bits per heavy atom. The number of halogens is 1. The molecule has 0 heterocycles. The molecular weight excluding hydrogens is 321 g/mol. The van der Waals surface area contributed by atoms with E-state index in [0.29, 0.717) is 3.57 Å². The fourth-order valence-electron chi connectivity index (χ4n) is 1.24. The average molecular weight is 335 g/mol. The first kappa shape index (κ1) is 13.2. The summed E-state index contributed by atoms with van der Waals surface area (Å²) >= 11 is 1.97. The molecule has 1 aromatic carbocycles. The maximum atomic E-state index is 10.6. The van der Waals surface area contributed by atoms with Gasteiger partial charge in [-0.05, 0) is 41.3 Å². The van der Waals surface area contributed by atoms with Crippen molar-refractivity contribution in [3.8, 4) is 0 Å². The van der Waals surface area contributed by atoms with Crippen LogP contribution in [0.25, 0.3) is 0 Å².